The Bertz CT molecular complexity index is 917. The van der Waals surface area contributed by atoms with Crippen molar-refractivity contribution in [2.24, 2.45) is 0 Å². The van der Waals surface area contributed by atoms with Gasteiger partial charge in [-0.25, -0.2) is 9.18 Å². The molecule has 0 N–H and O–H groups in total. The van der Waals surface area contributed by atoms with Gasteiger partial charge in [-0.1, -0.05) is 12.1 Å². The number of ether oxygens (including phenoxy) is 1. The maximum atomic E-state index is 13.1. The summed E-state index contributed by atoms with van der Waals surface area (Å²) in [4.78, 5) is 22.1. The number of furan rings is 1. The topological polar surface area (TPSA) is 82.6 Å². The third-order valence-electron chi connectivity index (χ3n) is 3.43. The van der Waals surface area contributed by atoms with Crippen LogP contribution in [0, 0.1) is 15.9 Å². The minimum absolute atomic E-state index is 0.00949. The number of rotatable bonds is 5. The van der Waals surface area contributed by atoms with Crippen LogP contribution in [0.15, 0.2) is 65.1 Å². The molecule has 0 atom stereocenters. The van der Waals surface area contributed by atoms with Crippen molar-refractivity contribution in [1.29, 1.82) is 0 Å². The number of carbonyl (C=O) groups excluding carboxylic acids is 1. The van der Waals surface area contributed by atoms with E-state index in [9.17, 15) is 19.3 Å². The second-order valence-electron chi connectivity index (χ2n) is 5.17. The summed E-state index contributed by atoms with van der Waals surface area (Å²) in [5, 5.41) is 10.6. The van der Waals surface area contributed by atoms with Crippen LogP contribution in [0.5, 0.6) is 0 Å². The lowest BCUT2D eigenvalue weighted by molar-refractivity contribution is -0.384. The van der Waals surface area contributed by atoms with Crippen LogP contribution in [0.25, 0.3) is 11.3 Å². The Labute approximate surface area is 141 Å². The molecule has 1 aromatic heterocycles. The van der Waals surface area contributed by atoms with E-state index >= 15 is 0 Å². The van der Waals surface area contributed by atoms with Gasteiger partial charge in [-0.15, -0.1) is 0 Å². The summed E-state index contributed by atoms with van der Waals surface area (Å²) >= 11 is 0. The summed E-state index contributed by atoms with van der Waals surface area (Å²) in [6, 6.07) is 14.5. The molecule has 0 radical (unpaired) electrons. The lowest BCUT2D eigenvalue weighted by Crippen LogP contribution is -2.04. The van der Waals surface area contributed by atoms with E-state index in [0.29, 0.717) is 16.9 Å². The van der Waals surface area contributed by atoms with Crippen molar-refractivity contribution in [3.8, 4) is 11.3 Å². The Balaban J connectivity index is 1.68. The summed E-state index contributed by atoms with van der Waals surface area (Å²) in [6.07, 6.45) is 0. The monoisotopic (exact) mass is 341 g/mol. The molecule has 3 aromatic rings. The van der Waals surface area contributed by atoms with Crippen molar-refractivity contribution in [2.75, 3.05) is 0 Å². The van der Waals surface area contributed by atoms with Gasteiger partial charge in [-0.3, -0.25) is 10.1 Å². The summed E-state index contributed by atoms with van der Waals surface area (Å²) < 4.78 is 23.6. The van der Waals surface area contributed by atoms with E-state index in [4.69, 9.17) is 9.15 Å². The summed E-state index contributed by atoms with van der Waals surface area (Å²) in [7, 11) is 0. The smallest absolute Gasteiger partial charge is 0.374 e. The maximum absolute atomic E-state index is 13.1. The van der Waals surface area contributed by atoms with Gasteiger partial charge in [0.15, 0.2) is 0 Å². The highest BCUT2D eigenvalue weighted by atomic mass is 19.1. The zero-order valence-electron chi connectivity index (χ0n) is 12.8. The Morgan fingerprint density at radius 1 is 1.12 bits per heavy atom. The number of hydrogen-bond acceptors (Lipinski definition) is 5. The molecule has 126 valence electrons. The molecule has 0 saturated heterocycles. The third kappa shape index (κ3) is 3.89. The maximum Gasteiger partial charge on any atom is 0.374 e. The van der Waals surface area contributed by atoms with Crippen LogP contribution in [0.1, 0.15) is 16.1 Å². The minimum Gasteiger partial charge on any atom is -0.455 e. The molecule has 25 heavy (non-hydrogen) atoms. The largest absolute Gasteiger partial charge is 0.455 e. The second-order valence-corrected chi connectivity index (χ2v) is 5.17. The molecule has 0 bridgehead atoms. The van der Waals surface area contributed by atoms with Gasteiger partial charge in [-0.05, 0) is 42.0 Å². The highest BCUT2D eigenvalue weighted by molar-refractivity contribution is 5.87. The number of non-ortho nitro benzene ring substituents is 1. The third-order valence-corrected chi connectivity index (χ3v) is 3.43. The molecule has 0 spiro atoms. The van der Waals surface area contributed by atoms with Crippen LogP contribution in [0.4, 0.5) is 10.1 Å². The first kappa shape index (κ1) is 16.4. The van der Waals surface area contributed by atoms with Gasteiger partial charge in [-0.2, -0.15) is 0 Å². The van der Waals surface area contributed by atoms with Gasteiger partial charge < -0.3 is 9.15 Å². The molecule has 0 unspecified atom stereocenters. The summed E-state index contributed by atoms with van der Waals surface area (Å²) in [5.41, 5.74) is 1.08. The molecule has 0 aliphatic heterocycles. The van der Waals surface area contributed by atoms with E-state index in [1.54, 1.807) is 12.1 Å². The normalized spacial score (nSPS) is 10.4. The molecule has 1 heterocycles. The van der Waals surface area contributed by atoms with Crippen molar-refractivity contribution in [2.45, 2.75) is 6.61 Å². The Kier molecular flexibility index (Phi) is 4.56. The van der Waals surface area contributed by atoms with Gasteiger partial charge in [0, 0.05) is 17.7 Å². The average Bonchev–Trinajstić information content (AvgIpc) is 3.10. The van der Waals surface area contributed by atoms with Crippen LogP contribution in [0.2, 0.25) is 0 Å². The number of nitrogens with zero attached hydrogens (tertiary/aromatic N) is 1. The van der Waals surface area contributed by atoms with Crippen molar-refractivity contribution in [1.82, 2.24) is 0 Å². The average molecular weight is 341 g/mol. The Morgan fingerprint density at radius 2 is 1.88 bits per heavy atom. The van der Waals surface area contributed by atoms with E-state index in [0.717, 1.165) is 0 Å². The highest BCUT2D eigenvalue weighted by Gasteiger charge is 2.15. The molecule has 0 aliphatic carbocycles. The summed E-state index contributed by atoms with van der Waals surface area (Å²) in [6.45, 7) is -0.0792. The molecule has 0 amide bonds. The van der Waals surface area contributed by atoms with E-state index in [2.05, 4.69) is 0 Å². The van der Waals surface area contributed by atoms with Gasteiger partial charge >= 0.3 is 5.97 Å². The number of nitro groups is 1. The van der Waals surface area contributed by atoms with Gasteiger partial charge in [0.05, 0.1) is 4.92 Å². The Hall–Kier alpha value is -3.48. The fourth-order valence-electron chi connectivity index (χ4n) is 2.20. The Morgan fingerprint density at radius 3 is 2.56 bits per heavy atom. The summed E-state index contributed by atoms with van der Waals surface area (Å²) in [5.74, 6) is -0.721. The van der Waals surface area contributed by atoms with Gasteiger partial charge in [0.25, 0.3) is 5.69 Å². The molecule has 0 fully saturated rings. The number of benzene rings is 2. The molecule has 0 saturated carbocycles. The standard InChI is InChI=1S/C18H12FNO5/c19-14-3-1-2-12(10-14)11-24-18(21)17-9-8-16(25-17)13-4-6-15(7-5-13)20(22)23/h1-10H,11H2. The fraction of sp³-hybridized carbons (Fsp3) is 0.0556. The first-order valence-corrected chi connectivity index (χ1v) is 7.29. The lowest BCUT2D eigenvalue weighted by atomic mass is 10.1. The fourth-order valence-corrected chi connectivity index (χ4v) is 2.20. The SMILES string of the molecule is O=C(OCc1cccc(F)c1)c1ccc(-c2ccc([N+](=O)[O-])cc2)o1. The van der Waals surface area contributed by atoms with E-state index in [1.165, 1.54) is 48.5 Å². The number of hydrogen-bond donors (Lipinski definition) is 0. The molecule has 6 nitrogen and oxygen atoms in total. The number of nitro benzene ring substituents is 1. The predicted octanol–water partition coefficient (Wildman–Crippen LogP) is 4.35. The van der Waals surface area contributed by atoms with E-state index < -0.39 is 16.7 Å². The van der Waals surface area contributed by atoms with Gasteiger partial charge in [0.2, 0.25) is 5.76 Å². The van der Waals surface area contributed by atoms with Crippen LogP contribution in [-0.4, -0.2) is 10.9 Å². The van der Waals surface area contributed by atoms with E-state index in [1.807, 2.05) is 0 Å². The second kappa shape index (κ2) is 6.96. The molecule has 2 aromatic carbocycles. The van der Waals surface area contributed by atoms with Crippen LogP contribution in [0.3, 0.4) is 0 Å². The first-order chi connectivity index (χ1) is 12.0. The lowest BCUT2D eigenvalue weighted by Gasteiger charge is -2.03. The quantitative estimate of drug-likeness (QED) is 0.391. The highest BCUT2D eigenvalue weighted by Crippen LogP contribution is 2.25. The van der Waals surface area contributed by atoms with Crippen molar-refractivity contribution < 1.29 is 23.3 Å². The van der Waals surface area contributed by atoms with Crippen LogP contribution in [-0.2, 0) is 11.3 Å². The molecule has 0 aliphatic rings. The first-order valence-electron chi connectivity index (χ1n) is 7.29. The predicted molar refractivity (Wildman–Crippen MR) is 86.3 cm³/mol. The van der Waals surface area contributed by atoms with Crippen molar-refractivity contribution >= 4 is 11.7 Å². The number of esters is 1. The number of carbonyl (C=O) groups is 1. The van der Waals surface area contributed by atoms with Crippen molar-refractivity contribution in [3.63, 3.8) is 0 Å². The molecular weight excluding hydrogens is 329 g/mol. The number of halogens is 1. The minimum atomic E-state index is -0.683. The van der Waals surface area contributed by atoms with Crippen molar-refractivity contribution in [3.05, 3.63) is 87.9 Å². The van der Waals surface area contributed by atoms with Crippen LogP contribution < -0.4 is 0 Å². The van der Waals surface area contributed by atoms with Crippen LogP contribution >= 0.6 is 0 Å². The van der Waals surface area contributed by atoms with Gasteiger partial charge in [0.1, 0.15) is 18.2 Å². The zero-order valence-corrected chi connectivity index (χ0v) is 12.8. The zero-order chi connectivity index (χ0) is 17.8. The molecular formula is C18H12FNO5. The molecule has 3 rings (SSSR count). The molecule has 7 heteroatoms. The van der Waals surface area contributed by atoms with E-state index in [-0.39, 0.29) is 18.1 Å².